The van der Waals surface area contributed by atoms with Crippen molar-refractivity contribution in [1.82, 2.24) is 67.9 Å². The van der Waals surface area contributed by atoms with E-state index in [9.17, 15) is 73.2 Å². The third-order valence-corrected chi connectivity index (χ3v) is 23.2. The first-order valence-electron chi connectivity index (χ1n) is 40.6. The third-order valence-electron chi connectivity index (χ3n) is 21.0. The van der Waals surface area contributed by atoms with Crippen molar-refractivity contribution in [3.63, 3.8) is 0 Å². The number of primary amides is 1. The minimum absolute atomic E-state index is 0.0166. The van der Waals surface area contributed by atoms with Crippen molar-refractivity contribution in [2.24, 2.45) is 11.7 Å². The van der Waals surface area contributed by atoms with Gasteiger partial charge in [0.15, 0.2) is 0 Å². The quantitative estimate of drug-likeness (QED) is 0.0467. The molecule has 640 valence electrons. The molecular formula is C78H120N14O21S2. The predicted octanol–water partition coefficient (Wildman–Crippen LogP) is 1.40. The van der Waals surface area contributed by atoms with E-state index in [4.69, 9.17) is 5.73 Å². The zero-order valence-corrected chi connectivity index (χ0v) is 68.2. The molecule has 115 heavy (non-hydrogen) atoms. The van der Waals surface area contributed by atoms with E-state index >= 15 is 28.8 Å². The molecule has 0 unspecified atom stereocenters. The number of benzene rings is 1. The van der Waals surface area contributed by atoms with E-state index in [-0.39, 0.29) is 99.4 Å². The van der Waals surface area contributed by atoms with Crippen LogP contribution in [-0.4, -0.2) is 252 Å². The van der Waals surface area contributed by atoms with Gasteiger partial charge in [-0.15, -0.1) is 0 Å². The average Bonchev–Trinajstić information content (AvgIpc) is 1.64. The Morgan fingerprint density at radius 1 is 0.504 bits per heavy atom. The smallest absolute Gasteiger partial charge is 0.305 e. The summed E-state index contributed by atoms with van der Waals surface area (Å²) < 4.78 is 0. The number of nitrogens with two attached hydrogens (primary N) is 1. The highest BCUT2D eigenvalue weighted by atomic mass is 32.2. The molecule has 35 nitrogen and oxygen atoms in total. The molecule has 0 aliphatic carbocycles. The molecule has 5 aliphatic rings. The van der Waals surface area contributed by atoms with Crippen molar-refractivity contribution in [3.8, 4) is 0 Å². The van der Waals surface area contributed by atoms with Crippen LogP contribution in [0, 0.1) is 5.92 Å². The van der Waals surface area contributed by atoms with Gasteiger partial charge in [-0.2, -0.15) is 23.5 Å². The first kappa shape index (κ1) is 94.7. The van der Waals surface area contributed by atoms with E-state index in [1.807, 2.05) is 0 Å². The lowest BCUT2D eigenvalue weighted by atomic mass is 10.0. The van der Waals surface area contributed by atoms with Crippen molar-refractivity contribution >= 4 is 124 Å². The van der Waals surface area contributed by atoms with Gasteiger partial charge < -0.3 is 94.0 Å². The molecule has 5 aliphatic heterocycles. The molecule has 0 saturated carbocycles. The fraction of sp³-hybridized carbons (Fsp3) is 0.705. The van der Waals surface area contributed by atoms with Crippen molar-refractivity contribution in [2.75, 3.05) is 37.7 Å². The number of thioether (sulfide) groups is 2. The summed E-state index contributed by atoms with van der Waals surface area (Å²) in [5.41, 5.74) is 6.94. The number of aliphatic hydroxyl groups excluding tert-OH is 1. The number of aliphatic hydroxyl groups is 1. The first-order valence-corrected chi connectivity index (χ1v) is 42.9. The lowest BCUT2D eigenvalue weighted by molar-refractivity contribution is -0.148. The van der Waals surface area contributed by atoms with E-state index in [1.165, 1.54) is 67.6 Å². The molecule has 0 radical (unpaired) electrons. The molecule has 16 N–H and O–H groups in total. The fourth-order valence-electron chi connectivity index (χ4n) is 14.8. The highest BCUT2D eigenvalue weighted by Gasteiger charge is 2.48. The van der Waals surface area contributed by atoms with Gasteiger partial charge in [0.25, 0.3) is 0 Å². The number of hydrogen-bond acceptors (Lipinski definition) is 20. The summed E-state index contributed by atoms with van der Waals surface area (Å²) in [5.74, 6) is -18.9. The lowest BCUT2D eigenvalue weighted by Gasteiger charge is -2.34. The number of carbonyl (C=O) groups is 17. The summed E-state index contributed by atoms with van der Waals surface area (Å²) in [5, 5.41) is 66.1. The van der Waals surface area contributed by atoms with Crippen molar-refractivity contribution in [1.29, 1.82) is 0 Å². The van der Waals surface area contributed by atoms with E-state index in [2.05, 4.69) is 60.1 Å². The number of aliphatic carboxylic acids is 3. The van der Waals surface area contributed by atoms with Crippen LogP contribution in [0.15, 0.2) is 24.3 Å². The maximum Gasteiger partial charge on any atom is 0.305 e. The third kappa shape index (κ3) is 32.1. The number of rotatable bonds is 31. The fourth-order valence-corrected chi connectivity index (χ4v) is 16.8. The van der Waals surface area contributed by atoms with Gasteiger partial charge in [0, 0.05) is 74.4 Å². The number of nitrogens with zero attached hydrogens (tertiary/aromatic N) is 3. The van der Waals surface area contributed by atoms with Crippen LogP contribution in [0.3, 0.4) is 0 Å². The number of unbranched alkanes of at least 4 members (excludes halogenated alkanes) is 14. The standard InChI is InChI=1S/C78H120N14O21S2/c1-5-6-7-8-9-10-11-12-13-14-15-16-17-18-19-27-62(95)81-50-38-60-74(109)84-52(28-31-61(79)94)69(104)88-57-45-115-43-49-24-20-23-48(37-49)42-114-44-56(71(106)85-54(36-46(2)3)76(111)91-35-22-26-59(91)78(113)92(60)41-50)87-68(103)51(29-32-64(97)98)82-63(96)40-80-75(110)67(47(4)93)89-70(105)53(30-33-65(99)100)83-73(108)58-25-21-34-90(58)77(112)55(39-66(101)102)86-72(57)107/h20,23-24,37,46-47,50-60,67,93H,5-19,21-22,25-36,38-45H2,1-4H3,(H2,79,94)(H,80,110)(H,81,95)(H,82,96)(H,83,108)(H,84,109)(H,85,106)(H,86,107)(H,87,103)(H,88,104)(H,89,105)(H,97,98)(H,99,100)(H,101,102)/t47-,50+,51+,52+,53+,54+,55+,56+,57+,58+,59-,60+,67+/m1/s1. The zero-order chi connectivity index (χ0) is 84.3. The number of carboxylic acids is 3. The molecule has 3 fully saturated rings. The maximum absolute atomic E-state index is 15.5. The normalized spacial score (nSPS) is 25.5. The summed E-state index contributed by atoms with van der Waals surface area (Å²) in [6, 6.07) is -12.1. The van der Waals surface area contributed by atoms with Crippen LogP contribution in [0.5, 0.6) is 0 Å². The highest BCUT2D eigenvalue weighted by molar-refractivity contribution is 7.98. The van der Waals surface area contributed by atoms with Gasteiger partial charge in [0.05, 0.1) is 19.1 Å². The van der Waals surface area contributed by atoms with E-state index in [0.717, 1.165) is 67.5 Å². The Morgan fingerprint density at radius 3 is 1.47 bits per heavy atom. The lowest BCUT2D eigenvalue weighted by Crippen LogP contribution is -2.61. The molecule has 14 amide bonds. The van der Waals surface area contributed by atoms with Crippen LogP contribution in [-0.2, 0) is 93.0 Å². The van der Waals surface area contributed by atoms with Crippen LogP contribution < -0.4 is 58.9 Å². The average molecular weight is 1650 g/mol. The van der Waals surface area contributed by atoms with Crippen LogP contribution in [0.2, 0.25) is 0 Å². The summed E-state index contributed by atoms with van der Waals surface area (Å²) in [4.78, 5) is 244. The van der Waals surface area contributed by atoms with Gasteiger partial charge in [-0.1, -0.05) is 135 Å². The number of carboxylic acid groups (broad SMARTS) is 3. The minimum atomic E-state index is -1.99. The van der Waals surface area contributed by atoms with Crippen molar-refractivity contribution in [2.45, 2.75) is 304 Å². The van der Waals surface area contributed by atoms with Gasteiger partial charge >= 0.3 is 17.9 Å². The molecule has 37 heteroatoms. The Labute approximate surface area is 679 Å². The van der Waals surface area contributed by atoms with Crippen LogP contribution in [0.25, 0.3) is 0 Å². The van der Waals surface area contributed by atoms with Gasteiger partial charge in [-0.05, 0) is 88.2 Å². The summed E-state index contributed by atoms with van der Waals surface area (Å²) in [6.45, 7) is 5.33. The van der Waals surface area contributed by atoms with Gasteiger partial charge in [0.2, 0.25) is 82.7 Å². The number of fused-ring (bicyclic) bond motifs is 9. The molecule has 4 bridgehead atoms. The number of amides is 14. The van der Waals surface area contributed by atoms with E-state index in [1.54, 1.807) is 38.1 Å². The second-order valence-electron chi connectivity index (χ2n) is 31.0. The molecule has 0 spiro atoms. The Morgan fingerprint density at radius 2 is 0.965 bits per heavy atom. The highest BCUT2D eigenvalue weighted by Crippen LogP contribution is 2.29. The molecule has 0 aromatic heterocycles. The Hall–Kier alpha value is -9.13. The van der Waals surface area contributed by atoms with E-state index < -0.39 is 225 Å². The molecule has 6 rings (SSSR count). The Bertz CT molecular complexity index is 3550. The monoisotopic (exact) mass is 1650 g/mol. The predicted molar refractivity (Wildman–Crippen MR) is 424 cm³/mol. The minimum Gasteiger partial charge on any atom is -0.481 e. The number of nitrogens with one attached hydrogen (secondary N) is 10. The van der Waals surface area contributed by atoms with Gasteiger partial charge in [-0.3, -0.25) is 81.5 Å². The first-order chi connectivity index (χ1) is 54.8. The molecule has 5 heterocycles. The Balaban J connectivity index is 1.42. The summed E-state index contributed by atoms with van der Waals surface area (Å²) in [7, 11) is 0. The molecular weight excluding hydrogens is 1530 g/mol. The van der Waals surface area contributed by atoms with Gasteiger partial charge in [-0.25, -0.2) is 0 Å². The SMILES string of the molecule is CCCCCCCCCCCCCCCCCC(=O)N[C@H]1C[C@H]2C(=O)N[C@@H](CCC(N)=O)C(=O)N[C@H]3CSCc4cccc(c4)CSC[C@H](NC(=O)[C@H](CCC(=O)O)NC(=O)CNC(=O)[C@H]([C@@H](C)O)NC(=O)[C@H](CCC(=O)O)NC(=O)[C@@H]4CCCN4C(=O)[C@H](CC(=O)O)NC3=O)C(=O)N[C@@H](CC(C)C)C(=O)N3CCC[C@@H]3C(=O)N2C1. The number of carbonyl (C=O) groups excluding carboxylic acids is 14. The molecule has 13 atom stereocenters. The summed E-state index contributed by atoms with van der Waals surface area (Å²) >= 11 is 2.20. The maximum atomic E-state index is 15.5. The van der Waals surface area contributed by atoms with Crippen LogP contribution >= 0.6 is 23.5 Å². The second kappa shape index (κ2) is 49.1. The molecule has 1 aromatic carbocycles. The number of hydrogen-bond donors (Lipinski definition) is 15. The zero-order valence-electron chi connectivity index (χ0n) is 66.5. The van der Waals surface area contributed by atoms with Gasteiger partial charge in [0.1, 0.15) is 66.5 Å². The topological polar surface area (TPSA) is 527 Å². The largest absolute Gasteiger partial charge is 0.481 e. The second-order valence-corrected chi connectivity index (χ2v) is 33.0. The van der Waals surface area contributed by atoms with Crippen LogP contribution in [0.1, 0.15) is 225 Å². The Kier molecular flexibility index (Phi) is 40.4. The van der Waals surface area contributed by atoms with Crippen molar-refractivity contribution < 1.29 is 102 Å². The summed E-state index contributed by atoms with van der Waals surface area (Å²) in [6.07, 6.45) is 10.3. The van der Waals surface area contributed by atoms with Crippen molar-refractivity contribution in [3.05, 3.63) is 35.4 Å². The molecule has 3 saturated heterocycles. The molecule has 1 aromatic rings. The van der Waals surface area contributed by atoms with Crippen LogP contribution in [0.4, 0.5) is 0 Å². The van der Waals surface area contributed by atoms with E-state index in [0.29, 0.717) is 17.5 Å².